The van der Waals surface area contributed by atoms with Gasteiger partial charge in [0.25, 0.3) is 0 Å². The average molecular weight is 449 g/mol. The number of rotatable bonds is 6. The van der Waals surface area contributed by atoms with E-state index >= 15 is 0 Å². The molecule has 2 aromatic carbocycles. The molecule has 4 N–H and O–H groups in total. The number of nitrogens with one attached hydrogen (secondary N) is 4. The molecule has 4 rings (SSSR count). The molecule has 0 bridgehead atoms. The Kier molecular flexibility index (Phi) is 6.60. The molecule has 1 aliphatic rings. The number of amides is 3. The summed E-state index contributed by atoms with van der Waals surface area (Å²) in [7, 11) is 1.59. The van der Waals surface area contributed by atoms with Gasteiger partial charge in [-0.2, -0.15) is 5.10 Å². The molecule has 33 heavy (non-hydrogen) atoms. The molecule has 2 heterocycles. The van der Waals surface area contributed by atoms with Crippen LogP contribution in [-0.2, 0) is 4.79 Å². The summed E-state index contributed by atoms with van der Waals surface area (Å²) in [5.74, 6) is 0.976. The van der Waals surface area contributed by atoms with Crippen molar-refractivity contribution in [2.24, 2.45) is 5.92 Å². The van der Waals surface area contributed by atoms with E-state index in [4.69, 9.17) is 4.74 Å². The highest BCUT2D eigenvalue weighted by Gasteiger charge is 2.34. The number of nitrogens with zero attached hydrogens (tertiary/aromatic N) is 2. The zero-order valence-corrected chi connectivity index (χ0v) is 18.8. The first kappa shape index (κ1) is 22.3. The number of carbonyl (C=O) groups excluding carboxylic acids is 2. The molecule has 0 aliphatic carbocycles. The van der Waals surface area contributed by atoms with E-state index in [9.17, 15) is 9.59 Å². The van der Waals surface area contributed by atoms with E-state index in [-0.39, 0.29) is 17.9 Å². The normalized spacial score (nSPS) is 20.1. The van der Waals surface area contributed by atoms with Crippen molar-refractivity contribution in [3.63, 3.8) is 0 Å². The minimum atomic E-state index is -0.593. The van der Waals surface area contributed by atoms with E-state index in [1.165, 1.54) is 0 Å². The zero-order chi connectivity index (χ0) is 23.4. The van der Waals surface area contributed by atoms with Gasteiger partial charge in [-0.1, -0.05) is 37.3 Å². The third-order valence-corrected chi connectivity index (χ3v) is 5.72. The van der Waals surface area contributed by atoms with E-state index < -0.39 is 12.3 Å². The van der Waals surface area contributed by atoms with Gasteiger partial charge in [0, 0.05) is 23.4 Å². The molecule has 9 heteroatoms. The summed E-state index contributed by atoms with van der Waals surface area (Å²) in [5.41, 5.74) is 2.19. The molecule has 0 saturated carbocycles. The Balaban J connectivity index is 1.59. The largest absolute Gasteiger partial charge is 0.497 e. The lowest BCUT2D eigenvalue weighted by atomic mass is 9.95. The molecular weight excluding hydrogens is 420 g/mol. The van der Waals surface area contributed by atoms with E-state index in [0.717, 1.165) is 12.0 Å². The highest BCUT2D eigenvalue weighted by Crippen LogP contribution is 2.26. The maximum Gasteiger partial charge on any atom is 0.324 e. The molecule has 1 saturated heterocycles. The molecule has 172 valence electrons. The number of benzene rings is 2. The second-order valence-electron chi connectivity index (χ2n) is 7.91. The van der Waals surface area contributed by atoms with E-state index in [1.807, 2.05) is 44.2 Å². The Morgan fingerprint density at radius 1 is 1.12 bits per heavy atom. The van der Waals surface area contributed by atoms with Crippen LogP contribution in [0.25, 0.3) is 11.3 Å². The maximum atomic E-state index is 12.7. The molecule has 1 aromatic heterocycles. The fourth-order valence-corrected chi connectivity index (χ4v) is 3.93. The van der Waals surface area contributed by atoms with Gasteiger partial charge in [-0.05, 0) is 37.6 Å². The minimum absolute atomic E-state index is 0.0425. The highest BCUT2D eigenvalue weighted by molar-refractivity contribution is 5.99. The van der Waals surface area contributed by atoms with Gasteiger partial charge in [0.15, 0.2) is 6.29 Å². The van der Waals surface area contributed by atoms with Crippen LogP contribution >= 0.6 is 0 Å². The third-order valence-electron chi connectivity index (χ3n) is 5.72. The topological polar surface area (TPSA) is 109 Å². The summed E-state index contributed by atoms with van der Waals surface area (Å²) in [6, 6.07) is 18.0. The Bertz CT molecular complexity index is 1110. The number of aromatic nitrogens is 2. The molecule has 0 spiro atoms. The van der Waals surface area contributed by atoms with E-state index in [2.05, 4.69) is 26.4 Å². The van der Waals surface area contributed by atoms with Crippen molar-refractivity contribution in [1.82, 2.24) is 20.4 Å². The highest BCUT2D eigenvalue weighted by atomic mass is 16.5. The van der Waals surface area contributed by atoms with Gasteiger partial charge < -0.3 is 15.4 Å². The Hall–Kier alpha value is -3.85. The van der Waals surface area contributed by atoms with E-state index in [1.54, 1.807) is 42.1 Å². The summed E-state index contributed by atoms with van der Waals surface area (Å²) >= 11 is 0. The van der Waals surface area contributed by atoms with Crippen LogP contribution in [0.15, 0.2) is 60.7 Å². The molecule has 0 radical (unpaired) electrons. The second kappa shape index (κ2) is 9.74. The predicted octanol–water partition coefficient (Wildman–Crippen LogP) is 3.79. The van der Waals surface area contributed by atoms with Crippen molar-refractivity contribution < 1.29 is 14.3 Å². The molecule has 3 unspecified atom stereocenters. The zero-order valence-electron chi connectivity index (χ0n) is 18.8. The SMILES string of the molecule is CCC1C(=O)NC(n2nc(-c3ccccc3)cc2NC(=O)Nc2ccc(OC)cc2)NC1C. The van der Waals surface area contributed by atoms with Crippen LogP contribution in [0.5, 0.6) is 5.75 Å². The van der Waals surface area contributed by atoms with Crippen molar-refractivity contribution in [2.75, 3.05) is 17.7 Å². The van der Waals surface area contributed by atoms with Crippen molar-refractivity contribution in [2.45, 2.75) is 32.6 Å². The van der Waals surface area contributed by atoms with Crippen LogP contribution in [0.4, 0.5) is 16.3 Å². The monoisotopic (exact) mass is 448 g/mol. The average Bonchev–Trinajstić information content (AvgIpc) is 3.23. The van der Waals surface area contributed by atoms with Gasteiger partial charge in [0.05, 0.1) is 18.7 Å². The van der Waals surface area contributed by atoms with Crippen LogP contribution in [-0.4, -0.2) is 34.9 Å². The minimum Gasteiger partial charge on any atom is -0.497 e. The Labute approximate surface area is 192 Å². The smallest absolute Gasteiger partial charge is 0.324 e. The lowest BCUT2D eigenvalue weighted by molar-refractivity contribution is -0.130. The quantitative estimate of drug-likeness (QED) is 0.459. The van der Waals surface area contributed by atoms with Gasteiger partial charge in [-0.15, -0.1) is 0 Å². The molecular formula is C24H28N6O3. The van der Waals surface area contributed by atoms with Crippen molar-refractivity contribution in [1.29, 1.82) is 0 Å². The van der Waals surface area contributed by atoms with Crippen LogP contribution in [0.2, 0.25) is 0 Å². The Morgan fingerprint density at radius 2 is 1.85 bits per heavy atom. The maximum absolute atomic E-state index is 12.7. The number of urea groups is 1. The van der Waals surface area contributed by atoms with Gasteiger partial charge in [0.2, 0.25) is 5.91 Å². The lowest BCUT2D eigenvalue weighted by Gasteiger charge is -2.35. The second-order valence-corrected chi connectivity index (χ2v) is 7.91. The number of ether oxygens (including phenoxy) is 1. The van der Waals surface area contributed by atoms with Gasteiger partial charge >= 0.3 is 6.03 Å². The first-order valence-electron chi connectivity index (χ1n) is 10.9. The fourth-order valence-electron chi connectivity index (χ4n) is 3.93. The first-order chi connectivity index (χ1) is 16.0. The summed E-state index contributed by atoms with van der Waals surface area (Å²) in [6.07, 6.45) is 0.139. The molecule has 3 amide bonds. The predicted molar refractivity (Wildman–Crippen MR) is 127 cm³/mol. The van der Waals surface area contributed by atoms with Gasteiger partial charge in [-0.25, -0.2) is 9.48 Å². The van der Waals surface area contributed by atoms with Gasteiger partial charge in [-0.3, -0.25) is 15.4 Å². The molecule has 9 nitrogen and oxygen atoms in total. The molecule has 3 aromatic rings. The van der Waals surface area contributed by atoms with Crippen LogP contribution < -0.4 is 26.0 Å². The third kappa shape index (κ3) is 4.98. The van der Waals surface area contributed by atoms with Crippen LogP contribution in [0.3, 0.4) is 0 Å². The number of methoxy groups -OCH3 is 1. The summed E-state index contributed by atoms with van der Waals surface area (Å²) in [6.45, 7) is 3.96. The number of anilines is 2. The number of hydrogen-bond acceptors (Lipinski definition) is 5. The standard InChI is InChI=1S/C24H28N6O3/c1-4-19-15(2)25-23(28-22(19)31)30-21(14-20(29-30)16-8-6-5-7-9-16)27-24(32)26-17-10-12-18(33-3)13-11-17/h5-15,19,23,25H,4H2,1-3H3,(H,28,31)(H2,26,27,32). The van der Waals surface area contributed by atoms with Crippen molar-refractivity contribution in [3.8, 4) is 17.0 Å². The summed E-state index contributed by atoms with van der Waals surface area (Å²) in [4.78, 5) is 25.4. The molecule has 3 atom stereocenters. The summed E-state index contributed by atoms with van der Waals surface area (Å²) < 4.78 is 6.74. The van der Waals surface area contributed by atoms with Crippen molar-refractivity contribution in [3.05, 3.63) is 60.7 Å². The molecule has 1 fully saturated rings. The Morgan fingerprint density at radius 3 is 2.48 bits per heavy atom. The fraction of sp³-hybridized carbons (Fsp3) is 0.292. The van der Waals surface area contributed by atoms with Gasteiger partial charge in [0.1, 0.15) is 11.6 Å². The van der Waals surface area contributed by atoms with Crippen LogP contribution in [0.1, 0.15) is 26.6 Å². The molecule has 1 aliphatic heterocycles. The first-order valence-corrected chi connectivity index (χ1v) is 10.9. The summed E-state index contributed by atoms with van der Waals surface area (Å²) in [5, 5.41) is 16.7. The van der Waals surface area contributed by atoms with Crippen LogP contribution in [0, 0.1) is 5.92 Å². The van der Waals surface area contributed by atoms with E-state index in [0.29, 0.717) is 22.9 Å². The number of carbonyl (C=O) groups is 2. The van der Waals surface area contributed by atoms with Crippen molar-refractivity contribution >= 4 is 23.4 Å². The lowest BCUT2D eigenvalue weighted by Crippen LogP contribution is -2.57. The number of hydrogen-bond donors (Lipinski definition) is 4.